The fourth-order valence-electron chi connectivity index (χ4n) is 9.10. The molecule has 0 bridgehead atoms. The molecule has 0 radical (unpaired) electrons. The molecule has 1 amide bonds. The Hall–Kier alpha value is -5.56. The average Bonchev–Trinajstić information content (AvgIpc) is 3.76. The van der Waals surface area contributed by atoms with Crippen molar-refractivity contribution < 1.29 is 32.3 Å². The van der Waals surface area contributed by atoms with Crippen LogP contribution in [0.1, 0.15) is 49.0 Å². The van der Waals surface area contributed by atoms with Crippen LogP contribution in [-0.2, 0) is 19.5 Å². The molecule has 3 N–H and O–H groups in total. The molecule has 65 heavy (non-hydrogen) atoms. The molecule has 3 fully saturated rings. The van der Waals surface area contributed by atoms with E-state index in [1.165, 1.54) is 28.8 Å². The standard InChI is InChI=1S/C47H53ClN8O8S/c1-47(2)15-14-32(39(24-47)31-6-8-33(48)9-7-31)27-53-16-18-54(19-17-53)34-10-12-38(45(22-34)64-44-5-3-4-41-40(44)26-50-51-41)46(57)52-65(60,61)37-11-13-42(43(23-37)56(58)59)49-25-36-28-55(20-21-63-36)35-29-62-30-35/h3-13,22-23,26,35-36,49H,14-21,24-25,27-30H2,1-2H3,(H,50,51)(H,52,57)/t36-/m0/s1. The molecular formula is C47H53ClN8O8S. The number of ether oxygens (including phenoxy) is 3. The van der Waals surface area contributed by atoms with Crippen LogP contribution >= 0.6 is 11.6 Å². The summed E-state index contributed by atoms with van der Waals surface area (Å²) >= 11 is 6.25. The summed E-state index contributed by atoms with van der Waals surface area (Å²) in [7, 11) is -4.59. The molecule has 342 valence electrons. The molecule has 0 saturated carbocycles. The van der Waals surface area contributed by atoms with Crippen LogP contribution in [-0.4, -0.2) is 124 Å². The van der Waals surface area contributed by atoms with Crippen LogP contribution < -0.4 is 19.7 Å². The molecule has 0 unspecified atom stereocenters. The summed E-state index contributed by atoms with van der Waals surface area (Å²) in [6.07, 6.45) is 4.57. The third-order valence-corrected chi connectivity index (χ3v) is 14.5. The first-order chi connectivity index (χ1) is 31.3. The highest BCUT2D eigenvalue weighted by atomic mass is 35.5. The molecule has 18 heteroatoms. The number of fused-ring (bicyclic) bond motifs is 1. The highest BCUT2D eigenvalue weighted by molar-refractivity contribution is 7.90. The molecule has 0 spiro atoms. The zero-order valence-corrected chi connectivity index (χ0v) is 38.0. The van der Waals surface area contributed by atoms with Gasteiger partial charge >= 0.3 is 0 Å². The first kappa shape index (κ1) is 44.6. The number of aromatic amines is 1. The maximum absolute atomic E-state index is 14.0. The summed E-state index contributed by atoms with van der Waals surface area (Å²) in [6.45, 7) is 12.2. The topological polar surface area (TPSA) is 184 Å². The number of nitro groups is 1. The van der Waals surface area contributed by atoms with Crippen LogP contribution in [0, 0.1) is 15.5 Å². The highest BCUT2D eigenvalue weighted by Crippen LogP contribution is 2.43. The second-order valence-corrected chi connectivity index (χ2v) is 20.1. The molecule has 1 aliphatic carbocycles. The van der Waals surface area contributed by atoms with Gasteiger partial charge in [-0.05, 0) is 84.3 Å². The number of piperazine rings is 1. The lowest BCUT2D eigenvalue weighted by atomic mass is 9.72. The minimum atomic E-state index is -4.59. The number of aromatic nitrogens is 2. The van der Waals surface area contributed by atoms with Gasteiger partial charge in [0.1, 0.15) is 17.2 Å². The molecule has 4 aromatic carbocycles. The lowest BCUT2D eigenvalue weighted by Gasteiger charge is -2.42. The third kappa shape index (κ3) is 10.1. The summed E-state index contributed by atoms with van der Waals surface area (Å²) in [5, 5.41) is 23.8. The lowest BCUT2D eigenvalue weighted by molar-refractivity contribution is -0.384. The number of H-pyrrole nitrogens is 1. The molecule has 4 aliphatic rings. The highest BCUT2D eigenvalue weighted by Gasteiger charge is 2.33. The molecule has 9 rings (SSSR count). The van der Waals surface area contributed by atoms with E-state index in [0.29, 0.717) is 43.5 Å². The number of allylic oxidation sites excluding steroid dienone is 1. The van der Waals surface area contributed by atoms with E-state index >= 15 is 0 Å². The van der Waals surface area contributed by atoms with Gasteiger partial charge in [-0.1, -0.05) is 49.2 Å². The van der Waals surface area contributed by atoms with E-state index in [9.17, 15) is 23.3 Å². The zero-order chi connectivity index (χ0) is 45.3. The van der Waals surface area contributed by atoms with Crippen LogP contribution in [0.25, 0.3) is 16.5 Å². The number of hydrogen-bond donors (Lipinski definition) is 3. The van der Waals surface area contributed by atoms with Gasteiger partial charge in [-0.3, -0.25) is 29.8 Å². The third-order valence-electron chi connectivity index (χ3n) is 12.9. The number of morpholine rings is 1. The van der Waals surface area contributed by atoms with Gasteiger partial charge in [0.05, 0.1) is 64.4 Å². The Morgan fingerprint density at radius 2 is 1.82 bits per heavy atom. The normalized spacial score (nSPS) is 19.8. The van der Waals surface area contributed by atoms with Crippen LogP contribution in [0.3, 0.4) is 0 Å². The summed E-state index contributed by atoms with van der Waals surface area (Å²) in [5.74, 6) is -0.415. The van der Waals surface area contributed by atoms with E-state index in [1.54, 1.807) is 36.5 Å². The summed E-state index contributed by atoms with van der Waals surface area (Å²) in [4.78, 5) is 32.2. The first-order valence-electron chi connectivity index (χ1n) is 22.0. The van der Waals surface area contributed by atoms with Gasteiger partial charge < -0.3 is 24.4 Å². The van der Waals surface area contributed by atoms with Gasteiger partial charge in [0.2, 0.25) is 0 Å². The Morgan fingerprint density at radius 1 is 1.02 bits per heavy atom. The summed E-state index contributed by atoms with van der Waals surface area (Å²) in [6, 6.07) is 22.5. The van der Waals surface area contributed by atoms with Crippen molar-refractivity contribution in [3.8, 4) is 11.5 Å². The Morgan fingerprint density at radius 3 is 2.57 bits per heavy atom. The summed E-state index contributed by atoms with van der Waals surface area (Å²) in [5.41, 5.74) is 5.48. The molecular weight excluding hydrogens is 872 g/mol. The number of carbonyl (C=O) groups excluding carboxylic acids is 1. The molecule has 1 aromatic heterocycles. The van der Waals surface area contributed by atoms with Crippen molar-refractivity contribution in [2.24, 2.45) is 5.41 Å². The van der Waals surface area contributed by atoms with Gasteiger partial charge in [0, 0.05) is 75.2 Å². The number of carbonyl (C=O) groups is 1. The van der Waals surface area contributed by atoms with E-state index in [-0.39, 0.29) is 35.1 Å². The Kier molecular flexibility index (Phi) is 12.9. The van der Waals surface area contributed by atoms with Crippen molar-refractivity contribution >= 4 is 61.1 Å². The Labute approximate surface area is 383 Å². The molecule has 1 atom stereocenters. The summed E-state index contributed by atoms with van der Waals surface area (Å²) < 4.78 is 47.4. The van der Waals surface area contributed by atoms with Crippen LogP contribution in [0.2, 0.25) is 5.02 Å². The second-order valence-electron chi connectivity index (χ2n) is 18.0. The van der Waals surface area contributed by atoms with E-state index < -0.39 is 31.4 Å². The largest absolute Gasteiger partial charge is 0.456 e. The van der Waals surface area contributed by atoms with Crippen molar-refractivity contribution in [3.63, 3.8) is 0 Å². The minimum Gasteiger partial charge on any atom is -0.456 e. The predicted molar refractivity (Wildman–Crippen MR) is 249 cm³/mol. The maximum Gasteiger partial charge on any atom is 0.293 e. The van der Waals surface area contributed by atoms with Crippen LogP contribution in [0.15, 0.2) is 95.5 Å². The van der Waals surface area contributed by atoms with Crippen LogP contribution in [0.4, 0.5) is 17.1 Å². The van der Waals surface area contributed by atoms with E-state index in [2.05, 4.69) is 60.9 Å². The minimum absolute atomic E-state index is 0.0406. The maximum atomic E-state index is 14.0. The number of hydrogen-bond acceptors (Lipinski definition) is 13. The number of rotatable bonds is 14. The number of halogens is 1. The number of nitrogens with zero attached hydrogens (tertiary/aromatic N) is 5. The van der Waals surface area contributed by atoms with Crippen LogP contribution in [0.5, 0.6) is 11.5 Å². The van der Waals surface area contributed by atoms with Crippen molar-refractivity contribution in [1.82, 2.24) is 24.7 Å². The van der Waals surface area contributed by atoms with Crippen molar-refractivity contribution in [3.05, 3.63) is 117 Å². The average molecular weight is 926 g/mol. The second kappa shape index (κ2) is 18.7. The number of nitro benzene ring substituents is 1. The predicted octanol–water partition coefficient (Wildman–Crippen LogP) is 7.33. The molecule has 3 aliphatic heterocycles. The van der Waals surface area contributed by atoms with Gasteiger partial charge in [0.15, 0.2) is 0 Å². The van der Waals surface area contributed by atoms with Crippen molar-refractivity contribution in [1.29, 1.82) is 0 Å². The van der Waals surface area contributed by atoms with Gasteiger partial charge in [0.25, 0.3) is 21.6 Å². The molecule has 3 saturated heterocycles. The smallest absolute Gasteiger partial charge is 0.293 e. The first-order valence-corrected chi connectivity index (χ1v) is 23.9. The number of anilines is 2. The van der Waals surface area contributed by atoms with E-state index in [0.717, 1.165) is 80.8 Å². The Balaban J connectivity index is 0.915. The molecule has 4 heterocycles. The van der Waals surface area contributed by atoms with Gasteiger partial charge in [-0.2, -0.15) is 5.10 Å². The number of benzene rings is 4. The number of sulfonamides is 1. The van der Waals surface area contributed by atoms with E-state index in [4.69, 9.17) is 25.8 Å². The Bertz CT molecular complexity index is 2720. The van der Waals surface area contributed by atoms with Gasteiger partial charge in [-0.25, -0.2) is 13.1 Å². The quantitative estimate of drug-likeness (QED) is 0.0744. The fraction of sp³-hybridized carbons (Fsp3) is 0.404. The lowest BCUT2D eigenvalue weighted by Crippen LogP contribution is -2.56. The fourth-order valence-corrected chi connectivity index (χ4v) is 10.2. The zero-order valence-electron chi connectivity index (χ0n) is 36.4. The van der Waals surface area contributed by atoms with Crippen molar-refractivity contribution in [2.75, 3.05) is 82.4 Å². The molecule has 16 nitrogen and oxygen atoms in total. The SMILES string of the molecule is CC1(C)CCC(CN2CCN(c3ccc(C(=O)NS(=O)(=O)c4ccc(NC[C@H]5CN(C6COC6)CCO5)c([N+](=O)[O-])c4)c(Oc4cccc5[nH]ncc45)c3)CC2)=C(c2ccc(Cl)cc2)C1. The number of nitrogens with one attached hydrogen (secondary N) is 3. The van der Waals surface area contributed by atoms with Crippen molar-refractivity contribution in [2.45, 2.75) is 50.2 Å². The molecule has 5 aromatic rings. The van der Waals surface area contributed by atoms with E-state index in [1.807, 2.05) is 18.2 Å². The number of amides is 1. The monoisotopic (exact) mass is 924 g/mol. The van der Waals surface area contributed by atoms with Gasteiger partial charge in [-0.15, -0.1) is 0 Å².